The molecule has 0 saturated carbocycles. The Bertz CT molecular complexity index is 864. The van der Waals surface area contributed by atoms with E-state index in [0.29, 0.717) is 18.7 Å². The number of hydrogen-bond acceptors (Lipinski definition) is 3. The summed E-state index contributed by atoms with van der Waals surface area (Å²) in [4.78, 5) is 6.22. The molecule has 4 rings (SSSR count). The number of aromatic nitrogens is 3. The van der Waals surface area contributed by atoms with Crippen molar-refractivity contribution >= 4 is 0 Å². The molecule has 25 heavy (non-hydrogen) atoms. The summed E-state index contributed by atoms with van der Waals surface area (Å²) in [6.45, 7) is 1.84. The van der Waals surface area contributed by atoms with Gasteiger partial charge in [0.25, 0.3) is 0 Å². The van der Waals surface area contributed by atoms with Gasteiger partial charge in [0.15, 0.2) is 0 Å². The van der Waals surface area contributed by atoms with Crippen LogP contribution in [-0.2, 0) is 26.1 Å². The first-order valence-corrected chi connectivity index (χ1v) is 8.26. The van der Waals surface area contributed by atoms with Crippen LogP contribution in [0.4, 0.5) is 8.78 Å². The third-order valence-electron chi connectivity index (χ3n) is 4.72. The minimum Gasteiger partial charge on any atom is -0.290 e. The van der Waals surface area contributed by atoms with E-state index in [1.54, 1.807) is 11.0 Å². The maximum atomic E-state index is 14.1. The molecular formula is C19H18F2N4. The van der Waals surface area contributed by atoms with Crippen molar-refractivity contribution in [2.75, 3.05) is 0 Å². The van der Waals surface area contributed by atoms with Gasteiger partial charge in [-0.1, -0.05) is 30.3 Å². The van der Waals surface area contributed by atoms with Crippen molar-refractivity contribution < 1.29 is 8.78 Å². The van der Waals surface area contributed by atoms with Gasteiger partial charge in [-0.05, 0) is 23.6 Å². The molecule has 1 atom stereocenters. The average Bonchev–Trinajstić information content (AvgIpc) is 3.11. The molecule has 1 aliphatic heterocycles. The van der Waals surface area contributed by atoms with E-state index in [9.17, 15) is 8.78 Å². The van der Waals surface area contributed by atoms with E-state index >= 15 is 0 Å². The van der Waals surface area contributed by atoms with Crippen LogP contribution in [0.2, 0.25) is 0 Å². The van der Waals surface area contributed by atoms with Gasteiger partial charge in [0.05, 0.1) is 6.54 Å². The van der Waals surface area contributed by atoms with Crippen LogP contribution in [0.3, 0.4) is 0 Å². The molecular weight excluding hydrogens is 322 g/mol. The first-order chi connectivity index (χ1) is 12.2. The van der Waals surface area contributed by atoms with Crippen LogP contribution in [0.5, 0.6) is 0 Å². The smallest absolute Gasteiger partial charge is 0.137 e. The number of nitrogens with zero attached hydrogens (tertiary/aromatic N) is 4. The third kappa shape index (κ3) is 3.44. The molecule has 0 fully saturated rings. The Labute approximate surface area is 144 Å². The monoisotopic (exact) mass is 340 g/mol. The van der Waals surface area contributed by atoms with Crippen LogP contribution < -0.4 is 0 Å². The Kier molecular flexibility index (Phi) is 4.28. The maximum Gasteiger partial charge on any atom is 0.137 e. The molecule has 1 aromatic heterocycles. The quantitative estimate of drug-likeness (QED) is 0.731. The van der Waals surface area contributed by atoms with Gasteiger partial charge in [0.2, 0.25) is 0 Å². The Morgan fingerprint density at radius 3 is 2.68 bits per heavy atom. The van der Waals surface area contributed by atoms with Gasteiger partial charge in [-0.15, -0.1) is 0 Å². The molecule has 0 radical (unpaired) electrons. The van der Waals surface area contributed by atoms with Crippen LogP contribution in [-0.4, -0.2) is 25.7 Å². The van der Waals surface area contributed by atoms with Gasteiger partial charge in [0, 0.05) is 30.8 Å². The number of benzene rings is 2. The molecule has 0 spiro atoms. The van der Waals surface area contributed by atoms with Crippen molar-refractivity contribution in [3.63, 3.8) is 0 Å². The van der Waals surface area contributed by atoms with Crippen LogP contribution in [0.1, 0.15) is 16.7 Å². The van der Waals surface area contributed by atoms with E-state index < -0.39 is 11.6 Å². The summed E-state index contributed by atoms with van der Waals surface area (Å²) < 4.78 is 29.1. The second-order valence-corrected chi connectivity index (χ2v) is 6.38. The van der Waals surface area contributed by atoms with Gasteiger partial charge in [-0.25, -0.2) is 13.8 Å². The fourth-order valence-electron chi connectivity index (χ4n) is 3.42. The van der Waals surface area contributed by atoms with Crippen molar-refractivity contribution in [1.29, 1.82) is 0 Å². The number of halogens is 2. The summed E-state index contributed by atoms with van der Waals surface area (Å²) in [5, 5.41) is 4.19. The summed E-state index contributed by atoms with van der Waals surface area (Å²) in [6.07, 6.45) is 4.07. The molecule has 128 valence electrons. The molecule has 2 heterocycles. The standard InChI is InChI=1S/C19H18F2N4/c20-17-6-5-16(19(21)8-17)10-24-9-15-4-2-1-3-14(15)7-18(24)11-25-13-22-12-23-25/h1-6,8,12-13,18H,7,9-11H2/t18-/m0/s1. The number of hydrogen-bond donors (Lipinski definition) is 0. The summed E-state index contributed by atoms with van der Waals surface area (Å²) in [5.41, 5.74) is 3.06. The molecule has 4 nitrogen and oxygen atoms in total. The van der Waals surface area contributed by atoms with E-state index in [1.807, 2.05) is 12.1 Å². The van der Waals surface area contributed by atoms with E-state index in [1.165, 1.54) is 29.6 Å². The van der Waals surface area contributed by atoms with E-state index in [4.69, 9.17) is 0 Å². The molecule has 3 aromatic rings. The fraction of sp³-hybridized carbons (Fsp3) is 0.263. The molecule has 0 bridgehead atoms. The highest BCUT2D eigenvalue weighted by Gasteiger charge is 2.27. The Morgan fingerprint density at radius 1 is 1.08 bits per heavy atom. The predicted octanol–water partition coefficient (Wildman–Crippen LogP) is 3.18. The Morgan fingerprint density at radius 2 is 1.92 bits per heavy atom. The summed E-state index contributed by atoms with van der Waals surface area (Å²) in [7, 11) is 0. The van der Waals surface area contributed by atoms with Crippen molar-refractivity contribution in [2.45, 2.75) is 32.1 Å². The normalized spacial score (nSPS) is 17.4. The summed E-state index contributed by atoms with van der Waals surface area (Å²) in [6, 6.07) is 12.3. The molecule has 1 aliphatic rings. The highest BCUT2D eigenvalue weighted by Crippen LogP contribution is 2.26. The lowest BCUT2D eigenvalue weighted by Crippen LogP contribution is -2.42. The maximum absolute atomic E-state index is 14.1. The third-order valence-corrected chi connectivity index (χ3v) is 4.72. The highest BCUT2D eigenvalue weighted by molar-refractivity contribution is 5.30. The zero-order valence-electron chi connectivity index (χ0n) is 13.6. The largest absolute Gasteiger partial charge is 0.290 e. The van der Waals surface area contributed by atoms with Gasteiger partial charge in [0.1, 0.15) is 24.3 Å². The predicted molar refractivity (Wildman–Crippen MR) is 89.6 cm³/mol. The first kappa shape index (κ1) is 15.9. The van der Waals surface area contributed by atoms with Crippen LogP contribution >= 0.6 is 0 Å². The topological polar surface area (TPSA) is 34.0 Å². The van der Waals surface area contributed by atoms with Gasteiger partial charge < -0.3 is 0 Å². The van der Waals surface area contributed by atoms with E-state index in [2.05, 4.69) is 27.1 Å². The molecule has 0 amide bonds. The van der Waals surface area contributed by atoms with Crippen LogP contribution in [0.25, 0.3) is 0 Å². The summed E-state index contributed by atoms with van der Waals surface area (Å²) in [5.74, 6) is -1.05. The van der Waals surface area contributed by atoms with Crippen molar-refractivity contribution in [3.05, 3.63) is 83.4 Å². The van der Waals surface area contributed by atoms with Gasteiger partial charge in [-0.3, -0.25) is 9.58 Å². The lowest BCUT2D eigenvalue weighted by molar-refractivity contribution is 0.140. The average molecular weight is 340 g/mol. The second-order valence-electron chi connectivity index (χ2n) is 6.38. The van der Waals surface area contributed by atoms with Crippen molar-refractivity contribution in [3.8, 4) is 0 Å². The zero-order valence-corrected chi connectivity index (χ0v) is 13.6. The second kappa shape index (κ2) is 6.72. The first-order valence-electron chi connectivity index (χ1n) is 8.26. The molecule has 0 N–H and O–H groups in total. The van der Waals surface area contributed by atoms with Crippen LogP contribution in [0, 0.1) is 11.6 Å². The minimum absolute atomic E-state index is 0.168. The van der Waals surface area contributed by atoms with Crippen molar-refractivity contribution in [2.24, 2.45) is 0 Å². The Balaban J connectivity index is 1.62. The van der Waals surface area contributed by atoms with Gasteiger partial charge >= 0.3 is 0 Å². The molecule has 6 heteroatoms. The number of fused-ring (bicyclic) bond motifs is 1. The van der Waals surface area contributed by atoms with E-state index in [0.717, 1.165) is 19.0 Å². The van der Waals surface area contributed by atoms with Gasteiger partial charge in [-0.2, -0.15) is 5.10 Å². The molecule has 2 aromatic carbocycles. The van der Waals surface area contributed by atoms with E-state index in [-0.39, 0.29) is 6.04 Å². The number of rotatable bonds is 4. The fourth-order valence-corrected chi connectivity index (χ4v) is 3.42. The SMILES string of the molecule is Fc1ccc(CN2Cc3ccccc3C[C@H]2Cn2cncn2)c(F)c1. The Hall–Kier alpha value is -2.60. The summed E-state index contributed by atoms with van der Waals surface area (Å²) >= 11 is 0. The molecule has 0 aliphatic carbocycles. The highest BCUT2D eigenvalue weighted by atomic mass is 19.1. The zero-order chi connectivity index (χ0) is 17.2. The minimum atomic E-state index is -0.551. The van der Waals surface area contributed by atoms with Crippen LogP contribution in [0.15, 0.2) is 55.1 Å². The van der Waals surface area contributed by atoms with Crippen molar-refractivity contribution in [1.82, 2.24) is 19.7 Å². The lowest BCUT2D eigenvalue weighted by atomic mass is 9.93. The molecule has 0 saturated heterocycles. The molecule has 0 unspecified atom stereocenters. The lowest BCUT2D eigenvalue weighted by Gasteiger charge is -2.37.